The number of rotatable bonds is 1. The summed E-state index contributed by atoms with van der Waals surface area (Å²) in [4.78, 5) is 15.2. The molecular formula is C10H14N2O. The van der Waals surface area contributed by atoms with Crippen LogP contribution in [0.4, 0.5) is 0 Å². The van der Waals surface area contributed by atoms with Crippen molar-refractivity contribution in [1.82, 2.24) is 9.55 Å². The van der Waals surface area contributed by atoms with E-state index in [-0.39, 0.29) is 6.04 Å². The second kappa shape index (κ2) is 2.98. The number of nitrogens with zero attached hydrogens (tertiary/aromatic N) is 2. The topological polar surface area (TPSA) is 34.9 Å². The van der Waals surface area contributed by atoms with E-state index in [1.807, 2.05) is 13.8 Å². The number of aromatic nitrogens is 2. The first kappa shape index (κ1) is 8.48. The number of carbonyl (C=O) groups excluding carboxylic acids is 1. The van der Waals surface area contributed by atoms with E-state index in [4.69, 9.17) is 0 Å². The van der Waals surface area contributed by atoms with Crippen LogP contribution in [0.5, 0.6) is 0 Å². The van der Waals surface area contributed by atoms with Gasteiger partial charge in [-0.05, 0) is 33.1 Å². The van der Waals surface area contributed by atoms with Crippen LogP contribution in [-0.4, -0.2) is 15.8 Å². The van der Waals surface area contributed by atoms with E-state index in [0.29, 0.717) is 0 Å². The van der Waals surface area contributed by atoms with Gasteiger partial charge < -0.3 is 9.36 Å². The van der Waals surface area contributed by atoms with Crippen molar-refractivity contribution in [3.63, 3.8) is 0 Å². The molecule has 0 amide bonds. The Balaban J connectivity index is 2.54. The Kier molecular flexibility index (Phi) is 1.94. The van der Waals surface area contributed by atoms with E-state index in [2.05, 4.69) is 9.55 Å². The first-order valence-electron chi connectivity index (χ1n) is 4.73. The van der Waals surface area contributed by atoms with Crippen molar-refractivity contribution in [2.45, 2.75) is 39.2 Å². The summed E-state index contributed by atoms with van der Waals surface area (Å²) in [6, 6.07) is 0.0324. The summed E-state index contributed by atoms with van der Waals surface area (Å²) >= 11 is 0. The minimum absolute atomic E-state index is 0.0324. The molecule has 1 aliphatic rings. The fourth-order valence-electron chi connectivity index (χ4n) is 2.21. The van der Waals surface area contributed by atoms with Gasteiger partial charge in [0.25, 0.3) is 0 Å². The lowest BCUT2D eigenvalue weighted by atomic mass is 10.0. The van der Waals surface area contributed by atoms with Gasteiger partial charge in [0.15, 0.2) is 0 Å². The predicted octanol–water partition coefficient (Wildman–Crippen LogP) is 1.58. The first-order valence-corrected chi connectivity index (χ1v) is 4.73. The summed E-state index contributed by atoms with van der Waals surface area (Å²) < 4.78 is 2.09. The molecule has 0 aromatic carbocycles. The number of imidazole rings is 1. The molecule has 2 rings (SSSR count). The smallest absolute Gasteiger partial charge is 0.142 e. The Labute approximate surface area is 77.8 Å². The molecule has 1 atom stereocenters. The zero-order valence-electron chi connectivity index (χ0n) is 8.08. The predicted molar refractivity (Wildman–Crippen MR) is 49.7 cm³/mol. The summed E-state index contributed by atoms with van der Waals surface area (Å²) in [5, 5.41) is 0. The zero-order chi connectivity index (χ0) is 9.42. The van der Waals surface area contributed by atoms with Crippen LogP contribution in [0.25, 0.3) is 0 Å². The molecule has 1 aromatic rings. The molecule has 0 N–H and O–H groups in total. The lowest BCUT2D eigenvalue weighted by molar-refractivity contribution is -0.111. The molecule has 3 nitrogen and oxygen atoms in total. The van der Waals surface area contributed by atoms with Crippen molar-refractivity contribution < 1.29 is 4.79 Å². The van der Waals surface area contributed by atoms with Gasteiger partial charge in [0.1, 0.15) is 12.1 Å². The number of aryl methyl sites for hydroxylation is 2. The molecule has 1 aromatic heterocycles. The molecule has 0 saturated carbocycles. The molecule has 0 aliphatic carbocycles. The highest BCUT2D eigenvalue weighted by Crippen LogP contribution is 2.26. The van der Waals surface area contributed by atoms with Crippen molar-refractivity contribution in [2.75, 3.05) is 0 Å². The average Bonchev–Trinajstić information content (AvgIpc) is 2.43. The highest BCUT2D eigenvalue weighted by Gasteiger charge is 2.22. The fourth-order valence-corrected chi connectivity index (χ4v) is 2.21. The van der Waals surface area contributed by atoms with E-state index < -0.39 is 0 Å². The van der Waals surface area contributed by atoms with Crippen LogP contribution in [0.1, 0.15) is 36.1 Å². The van der Waals surface area contributed by atoms with Crippen LogP contribution in [0.2, 0.25) is 0 Å². The molecule has 0 bridgehead atoms. The van der Waals surface area contributed by atoms with Gasteiger partial charge in [0.05, 0.1) is 11.7 Å². The highest BCUT2D eigenvalue weighted by atomic mass is 16.1. The second-order valence-electron chi connectivity index (χ2n) is 3.66. The number of carbonyl (C=O) groups is 1. The number of hydrogen-bond acceptors (Lipinski definition) is 2. The lowest BCUT2D eigenvalue weighted by Gasteiger charge is -2.22. The van der Waals surface area contributed by atoms with Crippen molar-refractivity contribution in [3.05, 3.63) is 17.2 Å². The molecule has 0 radical (unpaired) electrons. The van der Waals surface area contributed by atoms with Crippen LogP contribution in [0.3, 0.4) is 0 Å². The number of hydrogen-bond donors (Lipinski definition) is 0. The SMILES string of the molecule is Cc1nc(C)n2c1CCCC2C=O. The summed E-state index contributed by atoms with van der Waals surface area (Å²) in [6.45, 7) is 3.99. The summed E-state index contributed by atoms with van der Waals surface area (Å²) in [5.74, 6) is 0.976. The molecular weight excluding hydrogens is 164 g/mol. The highest BCUT2D eigenvalue weighted by molar-refractivity contribution is 5.57. The Morgan fingerprint density at radius 1 is 1.54 bits per heavy atom. The Hall–Kier alpha value is -1.12. The third-order valence-corrected chi connectivity index (χ3v) is 2.79. The molecule has 70 valence electrons. The molecule has 3 heteroatoms. The molecule has 0 saturated heterocycles. The number of fused-ring (bicyclic) bond motifs is 1. The van der Waals surface area contributed by atoms with Gasteiger partial charge in [0.2, 0.25) is 0 Å². The lowest BCUT2D eigenvalue weighted by Crippen LogP contribution is -2.19. The minimum Gasteiger partial charge on any atom is -0.322 e. The van der Waals surface area contributed by atoms with Gasteiger partial charge in [0, 0.05) is 5.69 Å². The molecule has 1 aliphatic heterocycles. The Morgan fingerprint density at radius 3 is 3.00 bits per heavy atom. The van der Waals surface area contributed by atoms with Crippen LogP contribution in [0, 0.1) is 13.8 Å². The third-order valence-electron chi connectivity index (χ3n) is 2.79. The molecule has 1 unspecified atom stereocenters. The normalized spacial score (nSPS) is 21.2. The average molecular weight is 178 g/mol. The van der Waals surface area contributed by atoms with Crippen molar-refractivity contribution >= 4 is 6.29 Å². The molecule has 13 heavy (non-hydrogen) atoms. The van der Waals surface area contributed by atoms with Gasteiger partial charge in [-0.1, -0.05) is 0 Å². The summed E-state index contributed by atoms with van der Waals surface area (Å²) in [6.07, 6.45) is 4.18. The maximum Gasteiger partial charge on any atom is 0.142 e. The van der Waals surface area contributed by atoms with Gasteiger partial charge in [-0.15, -0.1) is 0 Å². The van der Waals surface area contributed by atoms with E-state index in [9.17, 15) is 4.79 Å². The van der Waals surface area contributed by atoms with Crippen LogP contribution >= 0.6 is 0 Å². The van der Waals surface area contributed by atoms with Gasteiger partial charge in [-0.2, -0.15) is 0 Å². The van der Waals surface area contributed by atoms with Crippen molar-refractivity contribution in [2.24, 2.45) is 0 Å². The third kappa shape index (κ3) is 1.19. The van der Waals surface area contributed by atoms with Crippen molar-refractivity contribution in [1.29, 1.82) is 0 Å². The first-order chi connectivity index (χ1) is 6.24. The molecule has 2 heterocycles. The maximum absolute atomic E-state index is 10.8. The minimum atomic E-state index is 0.0324. The Bertz CT molecular complexity index is 341. The van der Waals surface area contributed by atoms with Crippen LogP contribution in [0.15, 0.2) is 0 Å². The largest absolute Gasteiger partial charge is 0.322 e. The van der Waals surface area contributed by atoms with E-state index >= 15 is 0 Å². The van der Waals surface area contributed by atoms with Gasteiger partial charge in [-0.25, -0.2) is 4.98 Å². The molecule has 0 fully saturated rings. The monoisotopic (exact) mass is 178 g/mol. The standard InChI is InChI=1S/C10H14N2O/c1-7-10-5-3-4-9(6-13)12(10)8(2)11-7/h6,9H,3-5H2,1-2H3. The van der Waals surface area contributed by atoms with E-state index in [0.717, 1.165) is 37.1 Å². The molecule has 0 spiro atoms. The fraction of sp³-hybridized carbons (Fsp3) is 0.600. The second-order valence-corrected chi connectivity index (χ2v) is 3.66. The maximum atomic E-state index is 10.8. The quantitative estimate of drug-likeness (QED) is 0.612. The van der Waals surface area contributed by atoms with Crippen molar-refractivity contribution in [3.8, 4) is 0 Å². The Morgan fingerprint density at radius 2 is 2.31 bits per heavy atom. The van der Waals surface area contributed by atoms with Gasteiger partial charge in [-0.3, -0.25) is 0 Å². The summed E-state index contributed by atoms with van der Waals surface area (Å²) in [5.41, 5.74) is 2.34. The number of aldehydes is 1. The van der Waals surface area contributed by atoms with Gasteiger partial charge >= 0.3 is 0 Å². The summed E-state index contributed by atoms with van der Waals surface area (Å²) in [7, 11) is 0. The zero-order valence-corrected chi connectivity index (χ0v) is 8.08. The van der Waals surface area contributed by atoms with Crippen LogP contribution in [-0.2, 0) is 11.2 Å². The van der Waals surface area contributed by atoms with E-state index in [1.165, 1.54) is 5.69 Å². The van der Waals surface area contributed by atoms with E-state index in [1.54, 1.807) is 0 Å². The van der Waals surface area contributed by atoms with Crippen LogP contribution < -0.4 is 0 Å².